The fourth-order valence-corrected chi connectivity index (χ4v) is 3.51. The molecule has 0 N–H and O–H groups in total. The number of alkyl halides is 3. The van der Waals surface area contributed by atoms with Crippen molar-refractivity contribution >= 4 is 10.0 Å². The minimum atomic E-state index is -4.44. The van der Waals surface area contributed by atoms with Crippen LogP contribution in [0.1, 0.15) is 11.5 Å². The number of rotatable bonds is 4. The SMILES string of the molecule is CS(=O)(=O)N1CCN(Cc2nc(-c3cccc(C(F)(F)F)c3)no2)CC1. The predicted octanol–water partition coefficient (Wildman–Crippen LogP) is 1.83. The first-order chi connectivity index (χ1) is 12.1. The molecule has 1 aliphatic heterocycles. The van der Waals surface area contributed by atoms with Gasteiger partial charge >= 0.3 is 6.18 Å². The Morgan fingerprint density at radius 1 is 1.19 bits per heavy atom. The van der Waals surface area contributed by atoms with Gasteiger partial charge in [0.25, 0.3) is 0 Å². The highest BCUT2D eigenvalue weighted by molar-refractivity contribution is 7.88. The Labute approximate surface area is 148 Å². The summed E-state index contributed by atoms with van der Waals surface area (Å²) in [6, 6.07) is 4.72. The van der Waals surface area contributed by atoms with Gasteiger partial charge in [-0.1, -0.05) is 17.3 Å². The van der Waals surface area contributed by atoms with Gasteiger partial charge in [-0.15, -0.1) is 0 Å². The van der Waals surface area contributed by atoms with Crippen LogP contribution in [0.3, 0.4) is 0 Å². The van der Waals surface area contributed by atoms with Crippen molar-refractivity contribution < 1.29 is 26.1 Å². The van der Waals surface area contributed by atoms with E-state index in [2.05, 4.69) is 10.1 Å². The van der Waals surface area contributed by atoms with E-state index in [0.29, 0.717) is 32.7 Å². The van der Waals surface area contributed by atoms with Crippen molar-refractivity contribution in [3.05, 3.63) is 35.7 Å². The second-order valence-electron chi connectivity index (χ2n) is 6.03. The highest BCUT2D eigenvalue weighted by atomic mass is 32.2. The molecule has 1 aromatic heterocycles. The molecule has 1 aliphatic rings. The standard InChI is InChI=1S/C15H17F3N4O3S/c1-26(23,24)22-7-5-21(6-8-22)10-13-19-14(20-25-13)11-3-2-4-12(9-11)15(16,17)18/h2-4,9H,5-8,10H2,1H3. The maximum atomic E-state index is 12.8. The molecule has 0 spiro atoms. The third-order valence-corrected chi connectivity index (χ3v) is 5.38. The van der Waals surface area contributed by atoms with Crippen LogP contribution < -0.4 is 0 Å². The first-order valence-corrected chi connectivity index (χ1v) is 9.65. The maximum absolute atomic E-state index is 12.8. The van der Waals surface area contributed by atoms with E-state index in [-0.39, 0.29) is 17.3 Å². The first-order valence-electron chi connectivity index (χ1n) is 7.80. The number of piperazine rings is 1. The lowest BCUT2D eigenvalue weighted by atomic mass is 10.1. The Kier molecular flexibility index (Phi) is 5.04. The summed E-state index contributed by atoms with van der Waals surface area (Å²) in [6.07, 6.45) is -3.27. The van der Waals surface area contributed by atoms with E-state index in [9.17, 15) is 21.6 Å². The van der Waals surface area contributed by atoms with E-state index in [0.717, 1.165) is 12.1 Å². The van der Waals surface area contributed by atoms with E-state index in [1.165, 1.54) is 22.7 Å². The van der Waals surface area contributed by atoms with Gasteiger partial charge in [-0.2, -0.15) is 22.5 Å². The Morgan fingerprint density at radius 3 is 2.50 bits per heavy atom. The molecule has 0 aliphatic carbocycles. The molecule has 26 heavy (non-hydrogen) atoms. The smallest absolute Gasteiger partial charge is 0.338 e. The van der Waals surface area contributed by atoms with Gasteiger partial charge in [0, 0.05) is 31.7 Å². The summed E-state index contributed by atoms with van der Waals surface area (Å²) in [5.41, 5.74) is -0.560. The van der Waals surface area contributed by atoms with Crippen LogP contribution in [0.4, 0.5) is 13.2 Å². The summed E-state index contributed by atoms with van der Waals surface area (Å²) in [7, 11) is -3.21. The minimum Gasteiger partial charge on any atom is -0.338 e. The molecule has 2 aromatic rings. The molecule has 2 heterocycles. The lowest BCUT2D eigenvalue weighted by Crippen LogP contribution is -2.47. The third kappa shape index (κ3) is 4.40. The molecule has 0 atom stereocenters. The molecule has 11 heteroatoms. The molecule has 1 fully saturated rings. The van der Waals surface area contributed by atoms with Gasteiger partial charge in [-0.25, -0.2) is 8.42 Å². The fourth-order valence-electron chi connectivity index (χ4n) is 2.68. The highest BCUT2D eigenvalue weighted by Gasteiger charge is 2.31. The van der Waals surface area contributed by atoms with Crippen LogP contribution >= 0.6 is 0 Å². The Balaban J connectivity index is 1.66. The number of sulfonamides is 1. The third-order valence-electron chi connectivity index (χ3n) is 4.08. The van der Waals surface area contributed by atoms with Crippen LogP contribution in [0.2, 0.25) is 0 Å². The van der Waals surface area contributed by atoms with Crippen molar-refractivity contribution in [3.63, 3.8) is 0 Å². The summed E-state index contributed by atoms with van der Waals surface area (Å²) in [5, 5.41) is 3.74. The zero-order chi connectivity index (χ0) is 18.9. The van der Waals surface area contributed by atoms with Gasteiger partial charge < -0.3 is 4.52 Å². The fraction of sp³-hybridized carbons (Fsp3) is 0.467. The second kappa shape index (κ2) is 6.97. The van der Waals surface area contributed by atoms with Crippen LogP contribution in [-0.4, -0.2) is 60.2 Å². The first kappa shape index (κ1) is 18.8. The van der Waals surface area contributed by atoms with Crippen molar-refractivity contribution in [1.82, 2.24) is 19.3 Å². The van der Waals surface area contributed by atoms with E-state index >= 15 is 0 Å². The van der Waals surface area contributed by atoms with E-state index in [1.807, 2.05) is 4.90 Å². The summed E-state index contributed by atoms with van der Waals surface area (Å²) in [6.45, 7) is 2.06. The number of nitrogens with zero attached hydrogens (tertiary/aromatic N) is 4. The number of halogens is 3. The number of hydrogen-bond acceptors (Lipinski definition) is 6. The topological polar surface area (TPSA) is 79.5 Å². The summed E-state index contributed by atoms with van der Waals surface area (Å²) in [4.78, 5) is 6.10. The monoisotopic (exact) mass is 390 g/mol. The zero-order valence-electron chi connectivity index (χ0n) is 13.9. The number of aromatic nitrogens is 2. The van der Waals surface area contributed by atoms with Crippen LogP contribution in [0, 0.1) is 0 Å². The van der Waals surface area contributed by atoms with Gasteiger partial charge in [-0.05, 0) is 12.1 Å². The normalized spacial score (nSPS) is 17.5. The van der Waals surface area contributed by atoms with Crippen molar-refractivity contribution in [2.24, 2.45) is 0 Å². The Bertz CT molecular complexity index is 874. The van der Waals surface area contributed by atoms with Gasteiger partial charge in [0.15, 0.2) is 0 Å². The predicted molar refractivity (Wildman–Crippen MR) is 86.4 cm³/mol. The van der Waals surface area contributed by atoms with E-state index in [1.54, 1.807) is 0 Å². The maximum Gasteiger partial charge on any atom is 0.416 e. The molecular weight excluding hydrogens is 373 g/mol. The zero-order valence-corrected chi connectivity index (χ0v) is 14.7. The van der Waals surface area contributed by atoms with E-state index < -0.39 is 21.8 Å². The molecule has 0 radical (unpaired) electrons. The molecule has 1 saturated heterocycles. The van der Waals surface area contributed by atoms with Crippen molar-refractivity contribution in [1.29, 1.82) is 0 Å². The molecule has 7 nitrogen and oxygen atoms in total. The summed E-state index contributed by atoms with van der Waals surface area (Å²) >= 11 is 0. The molecule has 142 valence electrons. The molecule has 0 amide bonds. The molecule has 0 saturated carbocycles. The molecule has 0 unspecified atom stereocenters. The van der Waals surface area contributed by atoms with Crippen molar-refractivity contribution in [2.75, 3.05) is 32.4 Å². The van der Waals surface area contributed by atoms with Crippen LogP contribution in [-0.2, 0) is 22.7 Å². The number of hydrogen-bond donors (Lipinski definition) is 0. The molecule has 3 rings (SSSR count). The second-order valence-corrected chi connectivity index (χ2v) is 8.01. The molecule has 0 bridgehead atoms. The summed E-state index contributed by atoms with van der Waals surface area (Å²) in [5.74, 6) is 0.353. The average Bonchev–Trinajstić information content (AvgIpc) is 3.02. The van der Waals surface area contributed by atoms with Crippen molar-refractivity contribution in [3.8, 4) is 11.4 Å². The van der Waals surface area contributed by atoms with Crippen LogP contribution in [0.15, 0.2) is 28.8 Å². The van der Waals surface area contributed by atoms with Gasteiger partial charge in [0.2, 0.25) is 21.7 Å². The van der Waals surface area contributed by atoms with Crippen molar-refractivity contribution in [2.45, 2.75) is 12.7 Å². The highest BCUT2D eigenvalue weighted by Crippen LogP contribution is 2.31. The average molecular weight is 390 g/mol. The Hall–Kier alpha value is -1.98. The Morgan fingerprint density at radius 2 is 1.88 bits per heavy atom. The number of benzene rings is 1. The lowest BCUT2D eigenvalue weighted by Gasteiger charge is -2.32. The van der Waals surface area contributed by atoms with E-state index in [4.69, 9.17) is 4.52 Å². The van der Waals surface area contributed by atoms with Gasteiger partial charge in [-0.3, -0.25) is 4.90 Å². The van der Waals surface area contributed by atoms with Gasteiger partial charge in [0.05, 0.1) is 18.4 Å². The van der Waals surface area contributed by atoms with Gasteiger partial charge in [0.1, 0.15) is 0 Å². The largest absolute Gasteiger partial charge is 0.416 e. The van der Waals surface area contributed by atoms with Crippen LogP contribution in [0.5, 0.6) is 0 Å². The molecular formula is C15H17F3N4O3S. The quantitative estimate of drug-likeness (QED) is 0.793. The minimum absolute atomic E-state index is 0.0841. The summed E-state index contributed by atoms with van der Waals surface area (Å²) < 4.78 is 67.9. The lowest BCUT2D eigenvalue weighted by molar-refractivity contribution is -0.137. The molecule has 1 aromatic carbocycles. The van der Waals surface area contributed by atoms with Crippen LogP contribution in [0.25, 0.3) is 11.4 Å².